The third kappa shape index (κ3) is 4.69. The second-order valence-electron chi connectivity index (χ2n) is 1.57. The summed E-state index contributed by atoms with van der Waals surface area (Å²) in [7, 11) is 0. The molecule has 0 heterocycles. The molecule has 0 amide bonds. The van der Waals surface area contributed by atoms with Crippen LogP contribution in [0.25, 0.3) is 0 Å². The number of rotatable bonds is 2. The molecule has 0 aromatic heterocycles. The van der Waals surface area contributed by atoms with Gasteiger partial charge in [0.05, 0.1) is 0 Å². The molecule has 0 aliphatic rings. The first-order valence-corrected chi connectivity index (χ1v) is 12.1. The number of carbonyl (C=O) groups excluding carboxylic acids is 1. The van der Waals surface area contributed by atoms with Crippen molar-refractivity contribution in [3.8, 4) is 0 Å². The summed E-state index contributed by atoms with van der Waals surface area (Å²) in [6.45, 7) is 0. The van der Waals surface area contributed by atoms with Crippen LogP contribution in [-0.4, -0.2) is 21.3 Å². The quantitative estimate of drug-likeness (QED) is 0.532. The van der Waals surface area contributed by atoms with Gasteiger partial charge in [-0.25, -0.2) is 0 Å². The van der Waals surface area contributed by atoms with Gasteiger partial charge >= 0.3 is 73.7 Å². The van der Waals surface area contributed by atoms with Gasteiger partial charge < -0.3 is 0 Å². The fraction of sp³-hybridized carbons (Fsp3) is 0.750. The molecule has 0 atom stereocenters. The molecule has 0 unspecified atom stereocenters. The Labute approximate surface area is 73.3 Å². The number of halogens is 5. The van der Waals surface area contributed by atoms with Crippen molar-refractivity contribution in [1.82, 2.24) is 0 Å². The zero-order valence-corrected chi connectivity index (χ0v) is 9.32. The summed E-state index contributed by atoms with van der Waals surface area (Å²) >= 11 is 0.356. The predicted molar refractivity (Wildman–Crippen MR) is 49.9 cm³/mol. The van der Waals surface area contributed by atoms with Gasteiger partial charge in [-0.05, 0) is 0 Å². The van der Waals surface area contributed by atoms with Gasteiger partial charge in [-0.1, -0.05) is 0 Å². The van der Waals surface area contributed by atoms with E-state index in [1.807, 2.05) is 18.6 Å². The Morgan fingerprint density at radius 2 is 2.00 bits per heavy atom. The monoisotopic (exact) mass is 380 g/mol. The van der Waals surface area contributed by atoms with Gasteiger partial charge in [-0.15, -0.1) is 0 Å². The van der Waals surface area contributed by atoms with Crippen molar-refractivity contribution in [3.05, 3.63) is 0 Å². The first-order chi connectivity index (χ1) is 4.34. The standard InChI is InChI=1S/C4H5F3I2O/c1-9(8)2-3(10)4(5,6)7/h2H2,1H3. The van der Waals surface area contributed by atoms with E-state index in [-0.39, 0.29) is 4.43 Å². The summed E-state index contributed by atoms with van der Waals surface area (Å²) in [6.07, 6.45) is -4.61. The van der Waals surface area contributed by atoms with Crippen LogP contribution in [0.2, 0.25) is 0 Å². The Bertz CT molecular complexity index is 131. The second kappa shape index (κ2) is 4.07. The van der Waals surface area contributed by atoms with E-state index in [0.717, 1.165) is 0 Å². The topological polar surface area (TPSA) is 17.1 Å². The SMILES string of the molecule is CI(I)CC(=O)C(F)(F)F. The van der Waals surface area contributed by atoms with E-state index in [0.29, 0.717) is 0 Å². The van der Waals surface area contributed by atoms with Crippen molar-refractivity contribution in [3.63, 3.8) is 0 Å². The van der Waals surface area contributed by atoms with Crippen LogP contribution in [0.1, 0.15) is 0 Å². The molecule has 0 saturated carbocycles. The Morgan fingerprint density at radius 1 is 1.60 bits per heavy atom. The van der Waals surface area contributed by atoms with Crippen LogP contribution in [-0.2, 0) is 4.79 Å². The van der Waals surface area contributed by atoms with Gasteiger partial charge in [0.25, 0.3) is 0 Å². The summed E-state index contributed by atoms with van der Waals surface area (Å²) in [6, 6.07) is 0. The zero-order valence-electron chi connectivity index (χ0n) is 5.01. The molecule has 0 rings (SSSR count). The maximum atomic E-state index is 11.5. The Morgan fingerprint density at radius 3 is 2.10 bits per heavy atom. The molecule has 0 radical (unpaired) electrons. The minimum absolute atomic E-state index is 0.270. The van der Waals surface area contributed by atoms with Gasteiger partial charge in [0, 0.05) is 0 Å². The van der Waals surface area contributed by atoms with Gasteiger partial charge in [0.1, 0.15) is 0 Å². The van der Waals surface area contributed by atoms with Gasteiger partial charge in [0.2, 0.25) is 0 Å². The summed E-state index contributed by atoms with van der Waals surface area (Å²) in [5.41, 5.74) is 0. The van der Waals surface area contributed by atoms with E-state index >= 15 is 0 Å². The van der Waals surface area contributed by atoms with Crippen LogP contribution in [0.15, 0.2) is 0 Å². The molecule has 0 saturated heterocycles. The van der Waals surface area contributed by atoms with Crippen LogP contribution in [0.3, 0.4) is 0 Å². The van der Waals surface area contributed by atoms with E-state index in [1.54, 1.807) is 4.93 Å². The average molecular weight is 380 g/mol. The molecule has 0 aromatic rings. The van der Waals surface area contributed by atoms with E-state index in [4.69, 9.17) is 0 Å². The molecule has 0 fully saturated rings. The molecule has 6 heteroatoms. The summed E-state index contributed by atoms with van der Waals surface area (Å²) in [4.78, 5) is 11.9. The Hall–Kier alpha value is 0.920. The van der Waals surface area contributed by atoms with Crippen LogP contribution >= 0.6 is 34.5 Å². The molecule has 0 spiro atoms. The van der Waals surface area contributed by atoms with Crippen LogP contribution in [0.4, 0.5) is 13.2 Å². The van der Waals surface area contributed by atoms with Crippen molar-refractivity contribution in [2.75, 3.05) is 9.36 Å². The van der Waals surface area contributed by atoms with Crippen molar-refractivity contribution in [1.29, 1.82) is 0 Å². The molecular weight excluding hydrogens is 375 g/mol. The Kier molecular flexibility index (Phi) is 4.45. The number of ketones is 1. The Balaban J connectivity index is 3.87. The number of carbonyl (C=O) groups is 1. The van der Waals surface area contributed by atoms with E-state index in [2.05, 4.69) is 0 Å². The second-order valence-corrected chi connectivity index (χ2v) is 14.6. The molecule has 62 valence electrons. The number of alkyl halides is 5. The van der Waals surface area contributed by atoms with Gasteiger partial charge in [-0.2, -0.15) is 0 Å². The third-order valence-corrected chi connectivity index (χ3v) is 4.30. The normalized spacial score (nSPS) is 13.1. The first kappa shape index (κ1) is 10.9. The fourth-order valence-electron chi connectivity index (χ4n) is 0.243. The van der Waals surface area contributed by atoms with Crippen molar-refractivity contribution in [2.24, 2.45) is 0 Å². The average Bonchev–Trinajstić information content (AvgIpc) is 1.60. The molecule has 10 heavy (non-hydrogen) atoms. The van der Waals surface area contributed by atoms with Crippen molar-refractivity contribution in [2.45, 2.75) is 6.18 Å². The molecular formula is C4H5F3I2O. The first-order valence-electron chi connectivity index (χ1n) is 2.16. The van der Waals surface area contributed by atoms with E-state index in [1.165, 1.54) is 0 Å². The van der Waals surface area contributed by atoms with Crippen LogP contribution in [0, 0.1) is 0 Å². The molecule has 0 aliphatic carbocycles. The van der Waals surface area contributed by atoms with Gasteiger partial charge in [-0.3, -0.25) is 0 Å². The number of hydrogen-bond donors (Lipinski definition) is 0. The number of Topliss-reactive ketones (excluding diaryl/α,β-unsaturated/α-hetero) is 1. The maximum absolute atomic E-state index is 11.5. The van der Waals surface area contributed by atoms with Crippen molar-refractivity contribution >= 4 is 40.2 Å². The van der Waals surface area contributed by atoms with E-state index < -0.39 is 27.8 Å². The van der Waals surface area contributed by atoms with Crippen LogP contribution < -0.4 is 0 Å². The van der Waals surface area contributed by atoms with Crippen molar-refractivity contribution < 1.29 is 18.0 Å². The zero-order chi connectivity index (χ0) is 8.36. The predicted octanol–water partition coefficient (Wildman–Crippen LogP) is 2.60. The molecule has 1 nitrogen and oxygen atoms in total. The van der Waals surface area contributed by atoms with Gasteiger partial charge in [0.15, 0.2) is 0 Å². The molecule has 0 aliphatic heterocycles. The fourth-order valence-corrected chi connectivity index (χ4v) is 3.39. The summed E-state index contributed by atoms with van der Waals surface area (Å²) < 4.78 is 34.2. The molecule has 0 aromatic carbocycles. The van der Waals surface area contributed by atoms with Crippen LogP contribution in [0.5, 0.6) is 0 Å². The minimum atomic E-state index is -4.61. The molecule has 0 bridgehead atoms. The summed E-state index contributed by atoms with van der Waals surface area (Å²) in [5, 5.41) is 0. The molecule has 0 N–H and O–H groups in total. The third-order valence-electron chi connectivity index (χ3n) is 0.622. The van der Waals surface area contributed by atoms with E-state index in [9.17, 15) is 18.0 Å². The number of hydrogen-bond acceptors (Lipinski definition) is 1. The summed E-state index contributed by atoms with van der Waals surface area (Å²) in [5.74, 6) is -1.57.